The minimum Gasteiger partial charge on any atom is -0.469 e. The molecule has 0 radical (unpaired) electrons. The minimum atomic E-state index is -0.527. The summed E-state index contributed by atoms with van der Waals surface area (Å²) < 4.78 is 10.2. The number of piperazine rings is 1. The van der Waals surface area contributed by atoms with Crippen molar-refractivity contribution in [3.8, 4) is 0 Å². The van der Waals surface area contributed by atoms with Crippen molar-refractivity contribution in [1.29, 1.82) is 0 Å². The number of methoxy groups -OCH3 is 1. The van der Waals surface area contributed by atoms with Gasteiger partial charge in [0.15, 0.2) is 0 Å². The predicted octanol–water partition coefficient (Wildman–Crippen LogP) is 1.54. The molecule has 2 aliphatic rings. The van der Waals surface area contributed by atoms with Gasteiger partial charge in [0, 0.05) is 39.3 Å². The minimum absolute atomic E-state index is 0.0718. The second-order valence-electron chi connectivity index (χ2n) is 7.55. The van der Waals surface area contributed by atoms with Crippen LogP contribution in [0.3, 0.4) is 0 Å². The number of urea groups is 1. The molecule has 0 N–H and O–H groups in total. The van der Waals surface area contributed by atoms with E-state index in [9.17, 15) is 14.4 Å². The van der Waals surface area contributed by atoms with E-state index in [1.165, 1.54) is 7.11 Å². The summed E-state index contributed by atoms with van der Waals surface area (Å²) >= 11 is 0. The standard InChI is InChI=1S/C17H29N3O5/c1-17(2,3)25-16(23)19-10-8-18(9-11-19)15(22)20-7-5-6-13(12-20)14(21)24-4/h13H,5-12H2,1-4H3. The van der Waals surface area contributed by atoms with Crippen LogP contribution >= 0.6 is 0 Å². The molecular formula is C17H29N3O5. The van der Waals surface area contributed by atoms with Crippen LogP contribution in [0, 0.1) is 5.92 Å². The van der Waals surface area contributed by atoms with Crippen LogP contribution in [0.2, 0.25) is 0 Å². The van der Waals surface area contributed by atoms with Gasteiger partial charge in [-0.1, -0.05) is 0 Å². The molecule has 0 bridgehead atoms. The SMILES string of the molecule is COC(=O)C1CCCN(C(=O)N2CCN(C(=O)OC(C)(C)C)CC2)C1. The van der Waals surface area contributed by atoms with E-state index < -0.39 is 5.60 Å². The van der Waals surface area contributed by atoms with Crippen molar-refractivity contribution < 1.29 is 23.9 Å². The van der Waals surface area contributed by atoms with Gasteiger partial charge < -0.3 is 24.2 Å². The van der Waals surface area contributed by atoms with Crippen LogP contribution in [-0.4, -0.2) is 84.8 Å². The fourth-order valence-corrected chi connectivity index (χ4v) is 3.12. The summed E-state index contributed by atoms with van der Waals surface area (Å²) in [5.41, 5.74) is -0.527. The lowest BCUT2D eigenvalue weighted by molar-refractivity contribution is -0.146. The predicted molar refractivity (Wildman–Crippen MR) is 91.1 cm³/mol. The third kappa shape index (κ3) is 5.24. The number of nitrogens with zero attached hydrogens (tertiary/aromatic N) is 3. The third-order valence-electron chi connectivity index (χ3n) is 4.43. The molecule has 1 atom stereocenters. The Kier molecular flexibility index (Phi) is 6.13. The maximum atomic E-state index is 12.7. The van der Waals surface area contributed by atoms with Crippen LogP contribution in [0.15, 0.2) is 0 Å². The number of carbonyl (C=O) groups excluding carboxylic acids is 3. The molecule has 142 valence electrons. The molecule has 2 heterocycles. The Morgan fingerprint density at radius 2 is 1.52 bits per heavy atom. The van der Waals surface area contributed by atoms with Crippen LogP contribution < -0.4 is 0 Å². The highest BCUT2D eigenvalue weighted by molar-refractivity contribution is 5.78. The number of ether oxygens (including phenoxy) is 2. The third-order valence-corrected chi connectivity index (χ3v) is 4.43. The number of amides is 3. The zero-order valence-electron chi connectivity index (χ0n) is 15.6. The summed E-state index contributed by atoms with van der Waals surface area (Å²) in [4.78, 5) is 41.6. The lowest BCUT2D eigenvalue weighted by Gasteiger charge is -2.39. The smallest absolute Gasteiger partial charge is 0.410 e. The van der Waals surface area contributed by atoms with E-state index in [0.29, 0.717) is 39.3 Å². The van der Waals surface area contributed by atoms with Crippen molar-refractivity contribution in [2.24, 2.45) is 5.92 Å². The lowest BCUT2D eigenvalue weighted by atomic mass is 9.98. The zero-order chi connectivity index (χ0) is 18.6. The summed E-state index contributed by atoms with van der Waals surface area (Å²) in [6.07, 6.45) is 1.20. The van der Waals surface area contributed by atoms with Gasteiger partial charge in [-0.05, 0) is 33.6 Å². The molecule has 3 amide bonds. The topological polar surface area (TPSA) is 79.4 Å². The lowest BCUT2D eigenvalue weighted by Crippen LogP contribution is -2.56. The van der Waals surface area contributed by atoms with E-state index in [1.807, 2.05) is 20.8 Å². The summed E-state index contributed by atoms with van der Waals surface area (Å²) in [5.74, 6) is -0.502. The number of hydrogen-bond donors (Lipinski definition) is 0. The Balaban J connectivity index is 1.84. The molecule has 0 saturated carbocycles. The van der Waals surface area contributed by atoms with Gasteiger partial charge in [-0.15, -0.1) is 0 Å². The average Bonchev–Trinajstić information content (AvgIpc) is 2.59. The second kappa shape index (κ2) is 7.93. The molecular weight excluding hydrogens is 326 g/mol. The zero-order valence-corrected chi connectivity index (χ0v) is 15.6. The fraction of sp³-hybridized carbons (Fsp3) is 0.824. The Labute approximate surface area is 149 Å². The second-order valence-corrected chi connectivity index (χ2v) is 7.55. The molecule has 25 heavy (non-hydrogen) atoms. The van der Waals surface area contributed by atoms with E-state index in [2.05, 4.69) is 0 Å². The van der Waals surface area contributed by atoms with Crippen molar-refractivity contribution in [2.75, 3.05) is 46.4 Å². The Morgan fingerprint density at radius 1 is 0.920 bits per heavy atom. The normalized spacial score (nSPS) is 21.8. The molecule has 2 fully saturated rings. The Bertz CT molecular complexity index is 509. The first-order chi connectivity index (χ1) is 11.7. The van der Waals surface area contributed by atoms with Crippen molar-refractivity contribution >= 4 is 18.1 Å². The molecule has 0 aromatic rings. The van der Waals surface area contributed by atoms with E-state index >= 15 is 0 Å². The number of piperidine rings is 1. The molecule has 0 spiro atoms. The largest absolute Gasteiger partial charge is 0.469 e. The number of likely N-dealkylation sites (tertiary alicyclic amines) is 1. The van der Waals surface area contributed by atoms with Gasteiger partial charge in [-0.25, -0.2) is 9.59 Å². The highest BCUT2D eigenvalue weighted by Gasteiger charge is 2.33. The van der Waals surface area contributed by atoms with Crippen LogP contribution in [-0.2, 0) is 14.3 Å². The fourth-order valence-electron chi connectivity index (χ4n) is 3.12. The quantitative estimate of drug-likeness (QED) is 0.667. The van der Waals surface area contributed by atoms with Gasteiger partial charge in [-0.3, -0.25) is 4.79 Å². The van der Waals surface area contributed by atoms with Crippen molar-refractivity contribution in [2.45, 2.75) is 39.2 Å². The first kappa shape index (κ1) is 19.3. The van der Waals surface area contributed by atoms with Crippen LogP contribution in [0.1, 0.15) is 33.6 Å². The first-order valence-corrected chi connectivity index (χ1v) is 8.81. The van der Waals surface area contributed by atoms with Crippen LogP contribution in [0.25, 0.3) is 0 Å². The highest BCUT2D eigenvalue weighted by atomic mass is 16.6. The molecule has 2 saturated heterocycles. The first-order valence-electron chi connectivity index (χ1n) is 8.81. The number of rotatable bonds is 1. The maximum absolute atomic E-state index is 12.7. The monoisotopic (exact) mass is 355 g/mol. The number of hydrogen-bond acceptors (Lipinski definition) is 5. The molecule has 0 aliphatic carbocycles. The molecule has 8 heteroatoms. The van der Waals surface area contributed by atoms with E-state index in [1.54, 1.807) is 14.7 Å². The van der Waals surface area contributed by atoms with Crippen LogP contribution in [0.5, 0.6) is 0 Å². The number of carbonyl (C=O) groups is 3. The van der Waals surface area contributed by atoms with E-state index in [0.717, 1.165) is 12.8 Å². The van der Waals surface area contributed by atoms with Crippen molar-refractivity contribution in [1.82, 2.24) is 14.7 Å². The average molecular weight is 355 g/mol. The van der Waals surface area contributed by atoms with Crippen molar-refractivity contribution in [3.05, 3.63) is 0 Å². The summed E-state index contributed by atoms with van der Waals surface area (Å²) in [5, 5.41) is 0. The van der Waals surface area contributed by atoms with Gasteiger partial charge in [0.2, 0.25) is 0 Å². The van der Waals surface area contributed by atoms with Gasteiger partial charge in [0.25, 0.3) is 0 Å². The van der Waals surface area contributed by atoms with E-state index in [4.69, 9.17) is 9.47 Å². The highest BCUT2D eigenvalue weighted by Crippen LogP contribution is 2.20. The van der Waals surface area contributed by atoms with Gasteiger partial charge in [0.05, 0.1) is 13.0 Å². The summed E-state index contributed by atoms with van der Waals surface area (Å²) in [6, 6.07) is -0.0718. The summed E-state index contributed by atoms with van der Waals surface area (Å²) in [7, 11) is 1.37. The van der Waals surface area contributed by atoms with Gasteiger partial charge in [0.1, 0.15) is 5.60 Å². The molecule has 1 unspecified atom stereocenters. The van der Waals surface area contributed by atoms with Crippen LogP contribution in [0.4, 0.5) is 9.59 Å². The van der Waals surface area contributed by atoms with Crippen molar-refractivity contribution in [3.63, 3.8) is 0 Å². The van der Waals surface area contributed by atoms with Gasteiger partial charge in [-0.2, -0.15) is 0 Å². The molecule has 0 aromatic carbocycles. The Hall–Kier alpha value is -1.99. The Morgan fingerprint density at radius 3 is 2.08 bits per heavy atom. The maximum Gasteiger partial charge on any atom is 0.410 e. The van der Waals surface area contributed by atoms with Gasteiger partial charge >= 0.3 is 18.1 Å². The molecule has 2 rings (SSSR count). The molecule has 2 aliphatic heterocycles. The van der Waals surface area contributed by atoms with E-state index in [-0.39, 0.29) is 24.0 Å². The molecule has 0 aromatic heterocycles. The summed E-state index contributed by atoms with van der Waals surface area (Å²) in [6.45, 7) is 8.39. The molecule has 8 nitrogen and oxygen atoms in total. The number of esters is 1.